The molecule has 1 fully saturated rings. The summed E-state index contributed by atoms with van der Waals surface area (Å²) >= 11 is 3.81. The van der Waals surface area contributed by atoms with Gasteiger partial charge in [0.2, 0.25) is 0 Å². The molecule has 1 aliphatic heterocycles. The monoisotopic (exact) mass is 325 g/mol. The molecule has 1 aromatic rings. The summed E-state index contributed by atoms with van der Waals surface area (Å²) in [5, 5.41) is 8.64. The molecule has 106 valence electrons. The van der Waals surface area contributed by atoms with Gasteiger partial charge in [-0.1, -0.05) is 26.7 Å². The molecule has 0 saturated heterocycles. The van der Waals surface area contributed by atoms with E-state index in [1.54, 1.807) is 0 Å². The van der Waals surface area contributed by atoms with Crippen molar-refractivity contribution >= 4 is 21.7 Å². The molecule has 0 spiro atoms. The zero-order valence-corrected chi connectivity index (χ0v) is 13.5. The lowest BCUT2D eigenvalue weighted by molar-refractivity contribution is 0.359. The highest BCUT2D eigenvalue weighted by atomic mass is 79.9. The zero-order chi connectivity index (χ0) is 13.4. The summed E-state index contributed by atoms with van der Waals surface area (Å²) in [6, 6.07) is 1.16. The summed E-state index contributed by atoms with van der Waals surface area (Å²) in [6.07, 6.45) is 8.91. The second-order valence-electron chi connectivity index (χ2n) is 6.02. The Morgan fingerprint density at radius 3 is 2.63 bits per heavy atom. The van der Waals surface area contributed by atoms with Gasteiger partial charge in [0.1, 0.15) is 5.82 Å². The Morgan fingerprint density at radius 2 is 2.00 bits per heavy atom. The van der Waals surface area contributed by atoms with E-state index in [1.807, 2.05) is 0 Å². The summed E-state index contributed by atoms with van der Waals surface area (Å²) in [6.45, 7) is 4.54. The molecule has 0 radical (unpaired) electrons. The maximum atomic E-state index is 4.96. The van der Waals surface area contributed by atoms with Gasteiger partial charge >= 0.3 is 0 Å². The summed E-state index contributed by atoms with van der Waals surface area (Å²) in [4.78, 5) is 0. The lowest BCUT2D eigenvalue weighted by Gasteiger charge is -2.31. The Hall–Kier alpha value is -0.510. The van der Waals surface area contributed by atoms with E-state index in [2.05, 4.69) is 39.8 Å². The average molecular weight is 326 g/mol. The molecule has 3 nitrogen and oxygen atoms in total. The van der Waals surface area contributed by atoms with E-state index in [0.717, 1.165) is 0 Å². The van der Waals surface area contributed by atoms with E-state index < -0.39 is 0 Å². The Kier molecular flexibility index (Phi) is 3.88. The number of nitrogens with zero attached hydrogens (tertiary/aromatic N) is 2. The first-order valence-electron chi connectivity index (χ1n) is 7.79. The van der Waals surface area contributed by atoms with Crippen molar-refractivity contribution in [3.05, 3.63) is 10.2 Å². The smallest absolute Gasteiger partial charge is 0.139 e. The summed E-state index contributed by atoms with van der Waals surface area (Å²) in [7, 11) is 0. The van der Waals surface area contributed by atoms with Crippen LogP contribution in [-0.4, -0.2) is 15.8 Å². The van der Waals surface area contributed by atoms with Gasteiger partial charge in [-0.05, 0) is 48.0 Å². The van der Waals surface area contributed by atoms with E-state index in [9.17, 15) is 0 Å². The Bertz CT molecular complexity index is 448. The number of nitrogens with one attached hydrogen (secondary N) is 1. The SMILES string of the molecule is CCC1CC(CC)n2nc(C3CCCC3)c(Br)c2N1. The van der Waals surface area contributed by atoms with Crippen LogP contribution in [0.25, 0.3) is 0 Å². The Balaban J connectivity index is 1.96. The van der Waals surface area contributed by atoms with Crippen LogP contribution in [0.2, 0.25) is 0 Å². The molecule has 3 rings (SSSR count). The molecular formula is C15H24BrN3. The molecule has 19 heavy (non-hydrogen) atoms. The van der Waals surface area contributed by atoms with Crippen LogP contribution in [0, 0.1) is 0 Å². The largest absolute Gasteiger partial charge is 0.367 e. The van der Waals surface area contributed by atoms with Crippen molar-refractivity contribution in [3.8, 4) is 0 Å². The van der Waals surface area contributed by atoms with Gasteiger partial charge in [-0.2, -0.15) is 5.10 Å². The van der Waals surface area contributed by atoms with Crippen molar-refractivity contribution in [2.45, 2.75) is 76.8 Å². The minimum atomic E-state index is 0.563. The number of hydrogen-bond donors (Lipinski definition) is 1. The molecule has 1 aromatic heterocycles. The van der Waals surface area contributed by atoms with Crippen LogP contribution in [0.1, 0.15) is 76.4 Å². The highest BCUT2D eigenvalue weighted by molar-refractivity contribution is 9.10. The zero-order valence-electron chi connectivity index (χ0n) is 12.0. The van der Waals surface area contributed by atoms with Gasteiger partial charge in [0.25, 0.3) is 0 Å². The van der Waals surface area contributed by atoms with E-state index in [-0.39, 0.29) is 0 Å². The second kappa shape index (κ2) is 5.47. The first-order valence-corrected chi connectivity index (χ1v) is 8.58. The summed E-state index contributed by atoms with van der Waals surface area (Å²) in [5.74, 6) is 1.90. The van der Waals surface area contributed by atoms with E-state index in [4.69, 9.17) is 5.10 Å². The summed E-state index contributed by atoms with van der Waals surface area (Å²) in [5.41, 5.74) is 1.30. The average Bonchev–Trinajstić information content (AvgIpc) is 3.06. The molecule has 0 aromatic carbocycles. The topological polar surface area (TPSA) is 29.9 Å². The fourth-order valence-electron chi connectivity index (χ4n) is 3.57. The van der Waals surface area contributed by atoms with E-state index >= 15 is 0 Å². The second-order valence-corrected chi connectivity index (χ2v) is 6.81. The van der Waals surface area contributed by atoms with Crippen LogP contribution in [0.5, 0.6) is 0 Å². The lowest BCUT2D eigenvalue weighted by atomic mass is 10.0. The minimum Gasteiger partial charge on any atom is -0.367 e. The van der Waals surface area contributed by atoms with Crippen LogP contribution in [0.4, 0.5) is 5.82 Å². The number of anilines is 1. The van der Waals surface area contributed by atoms with Crippen molar-refractivity contribution in [2.24, 2.45) is 0 Å². The van der Waals surface area contributed by atoms with Crippen molar-refractivity contribution in [2.75, 3.05) is 5.32 Å². The Labute approximate surface area is 124 Å². The maximum absolute atomic E-state index is 4.96. The van der Waals surface area contributed by atoms with Crippen molar-refractivity contribution < 1.29 is 0 Å². The molecule has 0 bridgehead atoms. The third kappa shape index (κ3) is 2.32. The fourth-order valence-corrected chi connectivity index (χ4v) is 4.27. The van der Waals surface area contributed by atoms with E-state index in [1.165, 1.54) is 60.9 Å². The van der Waals surface area contributed by atoms with Crippen LogP contribution in [0.15, 0.2) is 4.47 Å². The Morgan fingerprint density at radius 1 is 1.26 bits per heavy atom. The van der Waals surface area contributed by atoms with Gasteiger partial charge in [0.05, 0.1) is 16.2 Å². The van der Waals surface area contributed by atoms with Crippen LogP contribution < -0.4 is 5.32 Å². The number of aromatic nitrogens is 2. The predicted molar refractivity (Wildman–Crippen MR) is 82.8 cm³/mol. The van der Waals surface area contributed by atoms with Gasteiger partial charge in [-0.25, -0.2) is 4.68 Å². The molecule has 4 heteroatoms. The third-order valence-electron chi connectivity index (χ3n) is 4.83. The lowest BCUT2D eigenvalue weighted by Crippen LogP contribution is -2.31. The third-order valence-corrected chi connectivity index (χ3v) is 5.61. The van der Waals surface area contributed by atoms with Gasteiger partial charge < -0.3 is 5.32 Å². The molecule has 2 atom stereocenters. The minimum absolute atomic E-state index is 0.563. The molecule has 1 aliphatic carbocycles. The predicted octanol–water partition coefficient (Wildman–Crippen LogP) is 4.85. The van der Waals surface area contributed by atoms with Crippen LogP contribution in [0.3, 0.4) is 0 Å². The van der Waals surface area contributed by atoms with Gasteiger partial charge in [0, 0.05) is 12.0 Å². The van der Waals surface area contributed by atoms with Gasteiger partial charge in [-0.3, -0.25) is 0 Å². The maximum Gasteiger partial charge on any atom is 0.139 e. The normalized spacial score (nSPS) is 27.3. The van der Waals surface area contributed by atoms with Crippen LogP contribution >= 0.6 is 15.9 Å². The van der Waals surface area contributed by atoms with Crippen molar-refractivity contribution in [1.82, 2.24) is 9.78 Å². The van der Waals surface area contributed by atoms with Crippen molar-refractivity contribution in [3.63, 3.8) is 0 Å². The molecule has 1 saturated carbocycles. The quantitative estimate of drug-likeness (QED) is 0.860. The standard InChI is InChI=1S/C15H24BrN3/c1-3-11-9-12(4-2)19-15(17-11)13(16)14(18-19)10-7-5-6-8-10/h10-12,17H,3-9H2,1-2H3. The highest BCUT2D eigenvalue weighted by Crippen LogP contribution is 2.43. The van der Waals surface area contributed by atoms with Gasteiger partial charge in [0.15, 0.2) is 0 Å². The van der Waals surface area contributed by atoms with E-state index in [0.29, 0.717) is 18.0 Å². The number of rotatable bonds is 3. The molecule has 2 unspecified atom stereocenters. The van der Waals surface area contributed by atoms with Crippen molar-refractivity contribution in [1.29, 1.82) is 0 Å². The van der Waals surface area contributed by atoms with Crippen LogP contribution in [-0.2, 0) is 0 Å². The summed E-state index contributed by atoms with van der Waals surface area (Å²) < 4.78 is 3.49. The number of hydrogen-bond acceptors (Lipinski definition) is 2. The highest BCUT2D eigenvalue weighted by Gasteiger charge is 2.32. The molecule has 2 heterocycles. The molecule has 1 N–H and O–H groups in total. The molecule has 0 amide bonds. The molecular weight excluding hydrogens is 302 g/mol. The number of halogens is 1. The van der Waals surface area contributed by atoms with Gasteiger partial charge in [-0.15, -0.1) is 0 Å². The first kappa shape index (κ1) is 13.5. The first-order chi connectivity index (χ1) is 9.24. The number of fused-ring (bicyclic) bond motifs is 1. The fraction of sp³-hybridized carbons (Fsp3) is 0.800. The molecule has 2 aliphatic rings.